The molecule has 0 fully saturated rings. The lowest BCUT2D eigenvalue weighted by Gasteiger charge is -2.39. The molecule has 4 rings (SSSR count). The molecule has 0 bridgehead atoms. The fraction of sp³-hybridized carbons (Fsp3) is 0.419. The molecule has 3 aromatic carbocycles. The van der Waals surface area contributed by atoms with E-state index in [1.807, 2.05) is 18.2 Å². The Kier molecular flexibility index (Phi) is 8.52. The van der Waals surface area contributed by atoms with Crippen molar-refractivity contribution < 1.29 is 13.9 Å². The first-order chi connectivity index (χ1) is 17.4. The lowest BCUT2D eigenvalue weighted by atomic mass is 9.88. The minimum Gasteiger partial charge on any atom is -0.497 e. The smallest absolute Gasteiger partial charge is 0.123 e. The van der Waals surface area contributed by atoms with Crippen molar-refractivity contribution in [2.45, 2.75) is 58.7 Å². The van der Waals surface area contributed by atoms with Gasteiger partial charge in [0, 0.05) is 30.9 Å². The molecular formula is C31H39FN2O2. The number of anilines is 1. The van der Waals surface area contributed by atoms with Crippen molar-refractivity contribution in [2.24, 2.45) is 0 Å². The molecule has 192 valence electrons. The summed E-state index contributed by atoms with van der Waals surface area (Å²) in [5.41, 5.74) is 4.91. The van der Waals surface area contributed by atoms with E-state index in [1.54, 1.807) is 19.2 Å². The number of halogens is 1. The van der Waals surface area contributed by atoms with Gasteiger partial charge in [0.05, 0.1) is 13.2 Å². The fourth-order valence-electron chi connectivity index (χ4n) is 5.30. The Morgan fingerprint density at radius 2 is 1.58 bits per heavy atom. The summed E-state index contributed by atoms with van der Waals surface area (Å²) in [6.45, 7) is 11.4. The van der Waals surface area contributed by atoms with Crippen molar-refractivity contribution >= 4 is 5.69 Å². The first-order valence-electron chi connectivity index (χ1n) is 13.0. The van der Waals surface area contributed by atoms with Crippen LogP contribution in [0.15, 0.2) is 66.7 Å². The molecule has 1 atom stereocenters. The second-order valence-corrected chi connectivity index (χ2v) is 10.1. The number of hydrogen-bond acceptors (Lipinski definition) is 4. The quantitative estimate of drug-likeness (QED) is 0.317. The van der Waals surface area contributed by atoms with Gasteiger partial charge in [0.25, 0.3) is 0 Å². The van der Waals surface area contributed by atoms with E-state index in [0.29, 0.717) is 18.7 Å². The Hall–Kier alpha value is -3.05. The van der Waals surface area contributed by atoms with Gasteiger partial charge in [-0.25, -0.2) is 4.39 Å². The average Bonchev–Trinajstić information content (AvgIpc) is 2.87. The third-order valence-electron chi connectivity index (χ3n) is 7.16. The van der Waals surface area contributed by atoms with Gasteiger partial charge in [-0.15, -0.1) is 0 Å². The number of methoxy groups -OCH3 is 1. The average molecular weight is 491 g/mol. The summed E-state index contributed by atoms with van der Waals surface area (Å²) in [6, 6.07) is 22.8. The van der Waals surface area contributed by atoms with Gasteiger partial charge in [-0.1, -0.05) is 18.2 Å². The van der Waals surface area contributed by atoms with E-state index >= 15 is 0 Å². The fourth-order valence-corrected chi connectivity index (χ4v) is 5.30. The standard InChI is InChI=1S/C31H39FN2O2/c1-22(2)33(23(3)4)18-19-36-28-12-6-24(7-13-28)20-31-30-15-14-29(35-5)21-25(30)16-17-34(31)27-10-8-26(32)9-11-27/h6-15,21-23,31H,16-20H2,1-5H3. The van der Waals surface area contributed by atoms with Crippen LogP contribution in [0.4, 0.5) is 10.1 Å². The molecule has 0 radical (unpaired) electrons. The highest BCUT2D eigenvalue weighted by Gasteiger charge is 2.28. The highest BCUT2D eigenvalue weighted by atomic mass is 19.1. The Labute approximate surface area is 215 Å². The van der Waals surface area contributed by atoms with Crippen molar-refractivity contribution in [3.63, 3.8) is 0 Å². The summed E-state index contributed by atoms with van der Waals surface area (Å²) < 4.78 is 25.2. The molecule has 36 heavy (non-hydrogen) atoms. The van der Waals surface area contributed by atoms with E-state index < -0.39 is 0 Å². The normalized spacial score (nSPS) is 15.5. The van der Waals surface area contributed by atoms with E-state index in [0.717, 1.165) is 43.1 Å². The SMILES string of the molecule is COc1ccc2c(c1)CCN(c1ccc(F)cc1)C2Cc1ccc(OCCN(C(C)C)C(C)C)cc1. The van der Waals surface area contributed by atoms with Crippen LogP contribution in [0.3, 0.4) is 0 Å². The van der Waals surface area contributed by atoms with E-state index in [2.05, 4.69) is 73.9 Å². The molecule has 1 heterocycles. The summed E-state index contributed by atoms with van der Waals surface area (Å²) in [5.74, 6) is 1.58. The highest BCUT2D eigenvalue weighted by Crippen LogP contribution is 2.37. The molecular weight excluding hydrogens is 451 g/mol. The van der Waals surface area contributed by atoms with Gasteiger partial charge in [-0.2, -0.15) is 0 Å². The Morgan fingerprint density at radius 1 is 0.917 bits per heavy atom. The van der Waals surface area contributed by atoms with Crippen LogP contribution in [-0.2, 0) is 12.8 Å². The monoisotopic (exact) mass is 490 g/mol. The molecule has 0 spiro atoms. The molecule has 1 aliphatic rings. The molecule has 3 aromatic rings. The third kappa shape index (κ3) is 6.19. The number of rotatable bonds is 10. The zero-order valence-corrected chi connectivity index (χ0v) is 22.2. The Balaban J connectivity index is 1.50. The van der Waals surface area contributed by atoms with Crippen LogP contribution in [0.5, 0.6) is 11.5 Å². The third-order valence-corrected chi connectivity index (χ3v) is 7.16. The van der Waals surface area contributed by atoms with Crippen LogP contribution in [-0.4, -0.2) is 43.8 Å². The minimum atomic E-state index is -0.210. The molecule has 4 nitrogen and oxygen atoms in total. The number of nitrogens with zero attached hydrogens (tertiary/aromatic N) is 2. The van der Waals surface area contributed by atoms with E-state index in [9.17, 15) is 4.39 Å². The first-order valence-corrected chi connectivity index (χ1v) is 13.0. The lowest BCUT2D eigenvalue weighted by molar-refractivity contribution is 0.142. The van der Waals surface area contributed by atoms with E-state index in [1.165, 1.54) is 16.7 Å². The molecule has 5 heteroatoms. The molecule has 0 amide bonds. The predicted molar refractivity (Wildman–Crippen MR) is 146 cm³/mol. The van der Waals surface area contributed by atoms with Crippen molar-refractivity contribution in [2.75, 3.05) is 31.7 Å². The van der Waals surface area contributed by atoms with Gasteiger partial charge < -0.3 is 14.4 Å². The summed E-state index contributed by atoms with van der Waals surface area (Å²) in [7, 11) is 1.71. The Morgan fingerprint density at radius 3 is 2.22 bits per heavy atom. The second kappa shape index (κ2) is 11.8. The van der Waals surface area contributed by atoms with Gasteiger partial charge in [-0.05, 0) is 106 Å². The molecule has 0 N–H and O–H groups in total. The van der Waals surface area contributed by atoms with Crippen LogP contribution in [0.1, 0.15) is 50.4 Å². The van der Waals surface area contributed by atoms with Gasteiger partial charge in [0.2, 0.25) is 0 Å². The maximum Gasteiger partial charge on any atom is 0.123 e. The minimum absolute atomic E-state index is 0.155. The molecule has 0 saturated heterocycles. The highest BCUT2D eigenvalue weighted by molar-refractivity contribution is 5.54. The molecule has 0 aliphatic carbocycles. The largest absolute Gasteiger partial charge is 0.497 e. The summed E-state index contributed by atoms with van der Waals surface area (Å²) in [4.78, 5) is 4.83. The molecule has 0 saturated carbocycles. The first kappa shape index (κ1) is 26.0. The maximum atomic E-state index is 13.6. The lowest BCUT2D eigenvalue weighted by Crippen LogP contribution is -2.39. The molecule has 1 aliphatic heterocycles. The number of fused-ring (bicyclic) bond motifs is 1. The van der Waals surface area contributed by atoms with Crippen molar-refractivity contribution in [3.8, 4) is 11.5 Å². The summed E-state index contributed by atoms with van der Waals surface area (Å²) >= 11 is 0. The molecule has 0 aromatic heterocycles. The van der Waals surface area contributed by atoms with Crippen molar-refractivity contribution in [3.05, 3.63) is 89.2 Å². The van der Waals surface area contributed by atoms with Gasteiger partial charge in [0.15, 0.2) is 0 Å². The van der Waals surface area contributed by atoms with E-state index in [-0.39, 0.29) is 11.9 Å². The Bertz CT molecular complexity index is 1100. The summed E-state index contributed by atoms with van der Waals surface area (Å²) in [6.07, 6.45) is 1.78. The summed E-state index contributed by atoms with van der Waals surface area (Å²) in [5, 5.41) is 0. The van der Waals surface area contributed by atoms with Gasteiger partial charge in [-0.3, -0.25) is 4.90 Å². The number of benzene rings is 3. The topological polar surface area (TPSA) is 24.9 Å². The van der Waals surface area contributed by atoms with Crippen LogP contribution < -0.4 is 14.4 Å². The molecule has 1 unspecified atom stereocenters. The van der Waals surface area contributed by atoms with Gasteiger partial charge in [0.1, 0.15) is 23.9 Å². The van der Waals surface area contributed by atoms with Crippen LogP contribution in [0, 0.1) is 5.82 Å². The zero-order valence-electron chi connectivity index (χ0n) is 22.2. The van der Waals surface area contributed by atoms with Crippen molar-refractivity contribution in [1.29, 1.82) is 0 Å². The van der Waals surface area contributed by atoms with E-state index in [4.69, 9.17) is 9.47 Å². The zero-order chi connectivity index (χ0) is 25.7. The van der Waals surface area contributed by atoms with Crippen LogP contribution in [0.25, 0.3) is 0 Å². The number of ether oxygens (including phenoxy) is 2. The van der Waals surface area contributed by atoms with Crippen LogP contribution >= 0.6 is 0 Å². The van der Waals surface area contributed by atoms with Crippen molar-refractivity contribution in [1.82, 2.24) is 4.90 Å². The second-order valence-electron chi connectivity index (χ2n) is 10.1. The van der Waals surface area contributed by atoms with Crippen LogP contribution in [0.2, 0.25) is 0 Å². The number of hydrogen-bond donors (Lipinski definition) is 0. The predicted octanol–water partition coefficient (Wildman–Crippen LogP) is 6.68. The maximum absolute atomic E-state index is 13.6. The van der Waals surface area contributed by atoms with Gasteiger partial charge >= 0.3 is 0 Å².